The van der Waals surface area contributed by atoms with Crippen LogP contribution in [0.3, 0.4) is 0 Å². The fourth-order valence-corrected chi connectivity index (χ4v) is 8.89. The van der Waals surface area contributed by atoms with Crippen LogP contribution in [0.15, 0.2) is 72.8 Å². The molecule has 0 saturated heterocycles. The van der Waals surface area contributed by atoms with E-state index in [1.54, 1.807) is 0 Å². The van der Waals surface area contributed by atoms with Crippen LogP contribution >= 0.6 is 0 Å². The van der Waals surface area contributed by atoms with E-state index in [1.165, 1.54) is 33.4 Å². The monoisotopic (exact) mass is 714 g/mol. The Balaban J connectivity index is 1.51. The third-order valence-corrected chi connectivity index (χ3v) is 12.0. The Morgan fingerprint density at radius 3 is 1.25 bits per heavy atom. The largest absolute Gasteiger partial charge is 0.462 e. The quantitative estimate of drug-likeness (QED) is 0.153. The molecule has 4 aromatic carbocycles. The summed E-state index contributed by atoms with van der Waals surface area (Å²) in [5.74, 6) is 1.01. The normalized spacial score (nSPS) is 17.6. The van der Waals surface area contributed by atoms with E-state index in [1.807, 2.05) is 62.4 Å². The van der Waals surface area contributed by atoms with E-state index in [4.69, 9.17) is 14.2 Å². The first kappa shape index (κ1) is 38.3. The number of ether oxygens (including phenoxy) is 3. The zero-order valence-electron chi connectivity index (χ0n) is 33.6. The number of benzene rings is 4. The van der Waals surface area contributed by atoms with Crippen LogP contribution in [-0.4, -0.2) is 25.2 Å². The summed E-state index contributed by atoms with van der Waals surface area (Å²) in [5, 5.41) is 0. The minimum absolute atomic E-state index is 0.0432. The summed E-state index contributed by atoms with van der Waals surface area (Å²) in [5.41, 5.74) is 10.6. The van der Waals surface area contributed by atoms with E-state index in [9.17, 15) is 9.59 Å². The Labute approximate surface area is 317 Å². The van der Waals surface area contributed by atoms with E-state index in [2.05, 4.69) is 79.7 Å². The standard InChI is InChI=1S/C48H58O5/c1-11-51-43(49)37-19-15-13-17-31(37)25-33-27-35(29-39-41(33)47(7,8)23-21-45(39,3)4)53-36-28-34(26-32-18-14-16-20-38(32)44(50)52-12-2)42-40(30-36)46(5,6)22-24-48(42,9)10/h13-20,27-30H,11-12,21-26H2,1-10H3. The Morgan fingerprint density at radius 2 is 0.868 bits per heavy atom. The summed E-state index contributed by atoms with van der Waals surface area (Å²) in [4.78, 5) is 26.2. The predicted octanol–water partition coefficient (Wildman–Crippen LogP) is 11.7. The number of fused-ring (bicyclic) bond motifs is 2. The fourth-order valence-electron chi connectivity index (χ4n) is 8.89. The molecule has 0 saturated carbocycles. The maximum Gasteiger partial charge on any atom is 0.338 e. The van der Waals surface area contributed by atoms with Crippen molar-refractivity contribution in [1.29, 1.82) is 0 Å². The molecule has 5 heteroatoms. The minimum Gasteiger partial charge on any atom is -0.462 e. The summed E-state index contributed by atoms with van der Waals surface area (Å²) < 4.78 is 18.0. The average molecular weight is 715 g/mol. The van der Waals surface area contributed by atoms with Gasteiger partial charge in [0, 0.05) is 0 Å². The lowest BCUT2D eigenvalue weighted by Crippen LogP contribution is -2.35. The summed E-state index contributed by atoms with van der Waals surface area (Å²) in [6.07, 6.45) is 5.48. The molecule has 0 atom stereocenters. The Bertz CT molecular complexity index is 1880. The Hall–Kier alpha value is -4.38. The number of carbonyl (C=O) groups is 2. The van der Waals surface area contributed by atoms with Gasteiger partial charge in [0.15, 0.2) is 0 Å². The van der Waals surface area contributed by atoms with Gasteiger partial charge in [0.2, 0.25) is 0 Å². The maximum atomic E-state index is 13.1. The Kier molecular flexibility index (Phi) is 10.5. The molecule has 2 aliphatic rings. The highest BCUT2D eigenvalue weighted by Gasteiger charge is 2.41. The van der Waals surface area contributed by atoms with Gasteiger partial charge < -0.3 is 14.2 Å². The van der Waals surface area contributed by atoms with Gasteiger partial charge in [-0.3, -0.25) is 0 Å². The van der Waals surface area contributed by atoms with E-state index < -0.39 is 0 Å². The van der Waals surface area contributed by atoms with Crippen LogP contribution < -0.4 is 4.74 Å². The van der Waals surface area contributed by atoms with Gasteiger partial charge in [0.25, 0.3) is 0 Å². The van der Waals surface area contributed by atoms with Gasteiger partial charge in [0.1, 0.15) is 11.5 Å². The van der Waals surface area contributed by atoms with Crippen molar-refractivity contribution in [2.45, 2.75) is 129 Å². The van der Waals surface area contributed by atoms with Crippen LogP contribution in [-0.2, 0) is 44.0 Å². The predicted molar refractivity (Wildman–Crippen MR) is 214 cm³/mol. The van der Waals surface area contributed by atoms with Crippen LogP contribution in [0, 0.1) is 0 Å². The zero-order chi connectivity index (χ0) is 38.3. The highest BCUT2D eigenvalue weighted by atomic mass is 16.5. The number of hydrogen-bond acceptors (Lipinski definition) is 5. The van der Waals surface area contributed by atoms with Crippen LogP contribution in [0.2, 0.25) is 0 Å². The highest BCUT2D eigenvalue weighted by Crippen LogP contribution is 2.51. The highest BCUT2D eigenvalue weighted by molar-refractivity contribution is 5.92. The first-order valence-electron chi connectivity index (χ1n) is 19.5. The summed E-state index contributed by atoms with van der Waals surface area (Å²) in [7, 11) is 0. The Morgan fingerprint density at radius 1 is 0.509 bits per heavy atom. The molecule has 0 unspecified atom stereocenters. The van der Waals surface area contributed by atoms with Gasteiger partial charge in [0.05, 0.1) is 24.3 Å². The molecule has 0 aliphatic heterocycles. The van der Waals surface area contributed by atoms with Gasteiger partial charge in [-0.1, -0.05) is 91.8 Å². The smallest absolute Gasteiger partial charge is 0.338 e. The maximum absolute atomic E-state index is 13.1. The fraction of sp³-hybridized carbons (Fsp3) is 0.458. The molecule has 0 heterocycles. The lowest BCUT2D eigenvalue weighted by atomic mass is 9.61. The number of carbonyl (C=O) groups excluding carboxylic acids is 2. The lowest BCUT2D eigenvalue weighted by Gasteiger charge is -2.44. The first-order chi connectivity index (χ1) is 25.0. The van der Waals surface area contributed by atoms with Crippen molar-refractivity contribution >= 4 is 11.9 Å². The molecule has 0 spiro atoms. The molecule has 0 radical (unpaired) electrons. The van der Waals surface area contributed by atoms with Crippen molar-refractivity contribution < 1.29 is 23.8 Å². The average Bonchev–Trinajstić information content (AvgIpc) is 3.09. The molecule has 2 aliphatic carbocycles. The summed E-state index contributed by atoms with van der Waals surface area (Å²) in [6.45, 7) is 23.1. The van der Waals surface area contributed by atoms with Crippen molar-refractivity contribution in [3.63, 3.8) is 0 Å². The minimum atomic E-state index is -0.291. The van der Waals surface area contributed by atoms with Crippen molar-refractivity contribution in [3.8, 4) is 11.5 Å². The SMILES string of the molecule is CCOC(=O)c1ccccc1Cc1cc(Oc2cc(Cc3ccccc3C(=O)OCC)c3c(c2)C(C)(C)CCC3(C)C)cc2c1C(C)(C)CCC2(C)C. The van der Waals surface area contributed by atoms with E-state index >= 15 is 0 Å². The van der Waals surface area contributed by atoms with Crippen molar-refractivity contribution in [2.75, 3.05) is 13.2 Å². The summed E-state index contributed by atoms with van der Waals surface area (Å²) in [6, 6.07) is 24.6. The molecule has 0 N–H and O–H groups in total. The van der Waals surface area contributed by atoms with Gasteiger partial charge in [-0.05, 0) is 155 Å². The molecule has 0 amide bonds. The van der Waals surface area contributed by atoms with E-state index in [-0.39, 0.29) is 33.6 Å². The second kappa shape index (κ2) is 14.5. The molecule has 5 nitrogen and oxygen atoms in total. The molecule has 280 valence electrons. The molecule has 0 bridgehead atoms. The number of hydrogen-bond donors (Lipinski definition) is 0. The van der Waals surface area contributed by atoms with E-state index in [0.717, 1.165) is 48.3 Å². The van der Waals surface area contributed by atoms with Crippen molar-refractivity contribution in [3.05, 3.63) is 128 Å². The van der Waals surface area contributed by atoms with Crippen LogP contribution in [0.1, 0.15) is 160 Å². The van der Waals surface area contributed by atoms with Crippen LogP contribution in [0.5, 0.6) is 11.5 Å². The molecule has 4 aromatic rings. The first-order valence-corrected chi connectivity index (χ1v) is 19.5. The molecule has 53 heavy (non-hydrogen) atoms. The molecule has 6 rings (SSSR count). The van der Waals surface area contributed by atoms with Crippen LogP contribution in [0.4, 0.5) is 0 Å². The van der Waals surface area contributed by atoms with Gasteiger partial charge in [-0.2, -0.15) is 0 Å². The lowest BCUT2D eigenvalue weighted by molar-refractivity contribution is 0.0515. The zero-order valence-corrected chi connectivity index (χ0v) is 33.6. The van der Waals surface area contributed by atoms with Gasteiger partial charge >= 0.3 is 11.9 Å². The molecular formula is C48H58O5. The van der Waals surface area contributed by atoms with E-state index in [0.29, 0.717) is 37.2 Å². The molecular weight excluding hydrogens is 657 g/mol. The molecule has 0 fully saturated rings. The van der Waals surface area contributed by atoms with Crippen LogP contribution in [0.25, 0.3) is 0 Å². The summed E-state index contributed by atoms with van der Waals surface area (Å²) >= 11 is 0. The third kappa shape index (κ3) is 7.68. The second-order valence-electron chi connectivity index (χ2n) is 17.8. The van der Waals surface area contributed by atoms with Crippen molar-refractivity contribution in [2.24, 2.45) is 0 Å². The number of rotatable bonds is 10. The van der Waals surface area contributed by atoms with Crippen molar-refractivity contribution in [1.82, 2.24) is 0 Å². The second-order valence-corrected chi connectivity index (χ2v) is 17.8. The van der Waals surface area contributed by atoms with Gasteiger partial charge in [-0.15, -0.1) is 0 Å². The topological polar surface area (TPSA) is 61.8 Å². The van der Waals surface area contributed by atoms with Gasteiger partial charge in [-0.25, -0.2) is 9.59 Å². The third-order valence-electron chi connectivity index (χ3n) is 12.0. The number of esters is 2. The molecule has 0 aromatic heterocycles.